The molecular weight excluding hydrogens is 792 g/mol. The molecule has 7 rings (SSSR count). The van der Waals surface area contributed by atoms with Gasteiger partial charge in [0.15, 0.2) is 11.5 Å². The number of fused-ring (bicyclic) bond motifs is 2. The number of aliphatic imine (C=N–C) groups is 1. The molecule has 0 atom stereocenters. The number of rotatable bonds is 21. The molecule has 0 bridgehead atoms. The van der Waals surface area contributed by atoms with Crippen LogP contribution in [0.1, 0.15) is 115 Å². The topological polar surface area (TPSA) is 93.8 Å². The molecule has 4 aromatic carbocycles. The summed E-state index contributed by atoms with van der Waals surface area (Å²) in [6, 6.07) is 28.5. The Kier molecular flexibility index (Phi) is 15.7. The molecule has 1 amide bonds. The molecule has 0 aliphatic heterocycles. The highest BCUT2D eigenvalue weighted by atomic mass is 35.5. The van der Waals surface area contributed by atoms with Gasteiger partial charge in [0.1, 0.15) is 5.75 Å². The Balaban J connectivity index is 1.28. The molecule has 0 unspecified atom stereocenters. The second kappa shape index (κ2) is 21.9. The van der Waals surface area contributed by atoms with Crippen LogP contribution in [0.3, 0.4) is 0 Å². The van der Waals surface area contributed by atoms with Gasteiger partial charge in [-0.25, -0.2) is 9.98 Å². The standard InChI is InChI=1S/C52H61ClN6O3/c1-4-7-8-9-10-11-12-13-14-23-34-62-48-33-30-38(53)35-45(48)56-51(60)49(54-44-31-32-47(57(5-2)6-3)42-29-22-21-28-41(42)44)50-55-46-37-58(39-24-17-15-18-25-39)36-43(46)52(61)59(50)40-26-19-16-20-27-40/h15-20,24-27,30-33,35-37H,4-14,21-23,28-29,34H2,1-3H3,(H,56,60). The molecule has 62 heavy (non-hydrogen) atoms. The fourth-order valence-electron chi connectivity index (χ4n) is 8.60. The quantitative estimate of drug-likeness (QED) is 0.0575. The van der Waals surface area contributed by atoms with Crippen LogP contribution in [-0.2, 0) is 17.6 Å². The SMILES string of the molecule is CCCCCCCCCCCCOc1ccc(Cl)cc1NC(=O)C(=Nc1ccc(N(CC)CC)c2c1CCCC2)c1nc2cn(-c3ccccc3)cc2c(=O)n1-c1ccccc1. The lowest BCUT2D eigenvalue weighted by atomic mass is 9.88. The van der Waals surface area contributed by atoms with Crippen molar-refractivity contribution in [2.24, 2.45) is 4.99 Å². The maximum absolute atomic E-state index is 15.1. The van der Waals surface area contributed by atoms with Gasteiger partial charge in [0.25, 0.3) is 11.5 Å². The Labute approximate surface area is 371 Å². The van der Waals surface area contributed by atoms with Gasteiger partial charge in [-0.3, -0.25) is 14.2 Å². The van der Waals surface area contributed by atoms with E-state index in [0.717, 1.165) is 62.9 Å². The van der Waals surface area contributed by atoms with Gasteiger partial charge in [0.2, 0.25) is 0 Å². The molecule has 6 aromatic rings. The normalized spacial score (nSPS) is 12.7. The first kappa shape index (κ1) is 44.4. The molecule has 0 saturated heterocycles. The van der Waals surface area contributed by atoms with E-state index in [1.165, 1.54) is 67.2 Å². The number of amides is 1. The van der Waals surface area contributed by atoms with E-state index in [4.69, 9.17) is 26.3 Å². The second-order valence-corrected chi connectivity index (χ2v) is 16.7. The lowest BCUT2D eigenvalue weighted by molar-refractivity contribution is -0.110. The highest BCUT2D eigenvalue weighted by molar-refractivity contribution is 6.49. The fraction of sp³-hybridized carbons (Fsp3) is 0.385. The summed E-state index contributed by atoms with van der Waals surface area (Å²) < 4.78 is 9.72. The molecule has 2 heterocycles. The van der Waals surface area contributed by atoms with Gasteiger partial charge in [-0.05, 0) is 112 Å². The Morgan fingerprint density at radius 3 is 2.10 bits per heavy atom. The molecule has 1 aliphatic rings. The summed E-state index contributed by atoms with van der Waals surface area (Å²) in [6.45, 7) is 8.89. The zero-order valence-electron chi connectivity index (χ0n) is 36.7. The zero-order valence-corrected chi connectivity index (χ0v) is 37.4. The first-order valence-electron chi connectivity index (χ1n) is 22.9. The lowest BCUT2D eigenvalue weighted by Gasteiger charge is -2.29. The molecule has 324 valence electrons. The summed E-state index contributed by atoms with van der Waals surface area (Å²) in [5.41, 5.74) is 6.31. The first-order valence-corrected chi connectivity index (χ1v) is 23.3. The summed E-state index contributed by atoms with van der Waals surface area (Å²) in [6.07, 6.45) is 19.8. The summed E-state index contributed by atoms with van der Waals surface area (Å²) in [5, 5.41) is 3.99. The van der Waals surface area contributed by atoms with Crippen LogP contribution in [0.4, 0.5) is 17.1 Å². The zero-order chi connectivity index (χ0) is 43.3. The predicted molar refractivity (Wildman–Crippen MR) is 257 cm³/mol. The van der Waals surface area contributed by atoms with E-state index in [0.29, 0.717) is 45.3 Å². The number of anilines is 2. The number of nitrogens with one attached hydrogen (secondary N) is 1. The highest BCUT2D eigenvalue weighted by Gasteiger charge is 2.27. The number of benzene rings is 4. The molecular formula is C52H61ClN6O3. The van der Waals surface area contributed by atoms with Crippen molar-refractivity contribution in [3.05, 3.63) is 136 Å². The van der Waals surface area contributed by atoms with Crippen molar-refractivity contribution < 1.29 is 9.53 Å². The van der Waals surface area contributed by atoms with Gasteiger partial charge in [-0.2, -0.15) is 0 Å². The molecule has 1 aliphatic carbocycles. The molecule has 0 radical (unpaired) electrons. The van der Waals surface area contributed by atoms with E-state index in [-0.39, 0.29) is 17.1 Å². The van der Waals surface area contributed by atoms with Crippen LogP contribution < -0.4 is 20.5 Å². The minimum Gasteiger partial charge on any atom is -0.491 e. The number of ether oxygens (including phenoxy) is 1. The van der Waals surface area contributed by atoms with Crippen molar-refractivity contribution in [2.75, 3.05) is 29.9 Å². The summed E-state index contributed by atoms with van der Waals surface area (Å²) in [7, 11) is 0. The van der Waals surface area contributed by atoms with Gasteiger partial charge >= 0.3 is 0 Å². The summed E-state index contributed by atoms with van der Waals surface area (Å²) >= 11 is 6.59. The van der Waals surface area contributed by atoms with Crippen LogP contribution in [0.25, 0.3) is 22.3 Å². The molecule has 0 fully saturated rings. The largest absolute Gasteiger partial charge is 0.491 e. The summed E-state index contributed by atoms with van der Waals surface area (Å²) in [4.78, 5) is 42.7. The molecule has 0 saturated carbocycles. The number of nitrogens with zero attached hydrogens (tertiary/aromatic N) is 5. The van der Waals surface area contributed by atoms with E-state index in [2.05, 4.69) is 37.1 Å². The predicted octanol–water partition coefficient (Wildman–Crippen LogP) is 12.6. The van der Waals surface area contributed by atoms with Gasteiger partial charge < -0.3 is 19.5 Å². The third-order valence-electron chi connectivity index (χ3n) is 11.9. The van der Waals surface area contributed by atoms with Crippen molar-refractivity contribution in [3.63, 3.8) is 0 Å². The molecule has 1 N–H and O–H groups in total. The molecule has 0 spiro atoms. The van der Waals surface area contributed by atoms with Crippen molar-refractivity contribution in [3.8, 4) is 17.1 Å². The molecule has 10 heteroatoms. The third-order valence-corrected chi connectivity index (χ3v) is 12.2. The van der Waals surface area contributed by atoms with Crippen LogP contribution in [0, 0.1) is 0 Å². The number of halogens is 1. The van der Waals surface area contributed by atoms with Crippen LogP contribution >= 0.6 is 11.6 Å². The van der Waals surface area contributed by atoms with Crippen molar-refractivity contribution in [2.45, 2.75) is 111 Å². The van der Waals surface area contributed by atoms with Crippen molar-refractivity contribution in [1.82, 2.24) is 14.1 Å². The Hall–Kier alpha value is -5.67. The van der Waals surface area contributed by atoms with Crippen LogP contribution in [0.2, 0.25) is 5.02 Å². The number of para-hydroxylation sites is 2. The minimum absolute atomic E-state index is 0.00398. The minimum atomic E-state index is -0.535. The van der Waals surface area contributed by atoms with Gasteiger partial charge in [-0.15, -0.1) is 0 Å². The number of carbonyl (C=O) groups is 1. The van der Waals surface area contributed by atoms with Gasteiger partial charge in [0.05, 0.1) is 34.6 Å². The number of hydrogen-bond acceptors (Lipinski definition) is 6. The smallest absolute Gasteiger partial charge is 0.278 e. The molecule has 2 aromatic heterocycles. The van der Waals surface area contributed by atoms with Gasteiger partial charge in [0, 0.05) is 41.9 Å². The first-order chi connectivity index (χ1) is 30.4. The van der Waals surface area contributed by atoms with Crippen LogP contribution in [0.15, 0.2) is 113 Å². The fourth-order valence-corrected chi connectivity index (χ4v) is 8.77. The Morgan fingerprint density at radius 2 is 1.42 bits per heavy atom. The lowest BCUT2D eigenvalue weighted by Crippen LogP contribution is -2.33. The average Bonchev–Trinajstić information content (AvgIpc) is 3.74. The third kappa shape index (κ3) is 10.7. The average molecular weight is 854 g/mol. The van der Waals surface area contributed by atoms with E-state index < -0.39 is 5.91 Å². The van der Waals surface area contributed by atoms with Crippen molar-refractivity contribution in [1.29, 1.82) is 0 Å². The number of unbranched alkanes of at least 4 members (excludes halogenated alkanes) is 9. The Morgan fingerprint density at radius 1 is 0.774 bits per heavy atom. The molecule has 9 nitrogen and oxygen atoms in total. The maximum atomic E-state index is 15.1. The number of carbonyl (C=O) groups excluding carboxylic acids is 1. The van der Waals surface area contributed by atoms with E-state index in [9.17, 15) is 4.79 Å². The number of hydrogen-bond donors (Lipinski definition) is 1. The van der Waals surface area contributed by atoms with Crippen LogP contribution in [0.5, 0.6) is 5.75 Å². The van der Waals surface area contributed by atoms with Gasteiger partial charge in [-0.1, -0.05) is 113 Å². The Bertz CT molecular complexity index is 2510. The second-order valence-electron chi connectivity index (χ2n) is 16.2. The monoisotopic (exact) mass is 852 g/mol. The van der Waals surface area contributed by atoms with Crippen molar-refractivity contribution >= 4 is 51.2 Å². The summed E-state index contributed by atoms with van der Waals surface area (Å²) in [5.74, 6) is 0.110. The highest BCUT2D eigenvalue weighted by Crippen LogP contribution is 2.38. The maximum Gasteiger partial charge on any atom is 0.278 e. The number of aromatic nitrogens is 3. The van der Waals surface area contributed by atoms with Crippen LogP contribution in [-0.4, -0.2) is 45.4 Å². The van der Waals surface area contributed by atoms with E-state index >= 15 is 4.79 Å². The van der Waals surface area contributed by atoms with E-state index in [1.54, 1.807) is 24.4 Å². The van der Waals surface area contributed by atoms with E-state index in [1.807, 2.05) is 77.5 Å².